The molecule has 1 aliphatic rings. The van der Waals surface area contributed by atoms with Gasteiger partial charge >= 0.3 is 0 Å². The van der Waals surface area contributed by atoms with Gasteiger partial charge < -0.3 is 4.74 Å². The van der Waals surface area contributed by atoms with Crippen molar-refractivity contribution in [2.24, 2.45) is 0 Å². The molecule has 5 rings (SSSR count). The smallest absolute Gasteiger partial charge is 0.166 e. The zero-order valence-electron chi connectivity index (χ0n) is 15.8. The fourth-order valence-corrected chi connectivity index (χ4v) is 3.93. The number of halogens is 1. The van der Waals surface area contributed by atoms with Gasteiger partial charge in [0, 0.05) is 30.9 Å². The van der Waals surface area contributed by atoms with E-state index in [-0.39, 0.29) is 11.9 Å². The van der Waals surface area contributed by atoms with Crippen molar-refractivity contribution >= 4 is 16.6 Å². The monoisotopic (exact) mass is 377 g/mol. The Morgan fingerprint density at radius 3 is 2.89 bits per heavy atom. The molecule has 0 spiro atoms. The van der Waals surface area contributed by atoms with Gasteiger partial charge in [0.25, 0.3) is 0 Å². The van der Waals surface area contributed by atoms with Crippen LogP contribution in [0.2, 0.25) is 0 Å². The first kappa shape index (κ1) is 17.1. The molecular weight excluding hydrogens is 357 g/mol. The van der Waals surface area contributed by atoms with E-state index in [0.717, 1.165) is 46.8 Å². The largest absolute Gasteiger partial charge is 0.494 e. The molecule has 142 valence electrons. The lowest BCUT2D eigenvalue weighted by Crippen LogP contribution is -2.30. The lowest BCUT2D eigenvalue weighted by molar-refractivity contribution is 0.209. The minimum absolute atomic E-state index is 0.176. The normalized spacial score (nSPS) is 15.2. The summed E-state index contributed by atoms with van der Waals surface area (Å²) in [6.45, 7) is 3.74. The Labute approximate surface area is 161 Å². The Morgan fingerprint density at radius 1 is 1.18 bits per heavy atom. The van der Waals surface area contributed by atoms with Gasteiger partial charge in [-0.3, -0.25) is 4.90 Å². The number of benzene rings is 2. The molecular formula is C21H20FN5O. The van der Waals surface area contributed by atoms with Crippen LogP contribution in [0.15, 0.2) is 42.7 Å². The standard InChI is InChI=1S/C21H20FN5O/c1-13(26-10-14-6-7-16(22)9-15(14)11-26)8-19-24-21-17-4-3-5-18(28-2)20(17)23-12-27(21)25-19/h3-7,9,12-13H,8,10-11H2,1-2H3. The molecule has 2 aromatic carbocycles. The predicted octanol–water partition coefficient (Wildman–Crippen LogP) is 3.37. The maximum atomic E-state index is 13.5. The van der Waals surface area contributed by atoms with Crippen LogP contribution in [0.1, 0.15) is 23.9 Å². The van der Waals surface area contributed by atoms with Crippen molar-refractivity contribution in [3.63, 3.8) is 0 Å². The lowest BCUT2D eigenvalue weighted by atomic mass is 10.1. The van der Waals surface area contributed by atoms with E-state index in [1.807, 2.05) is 24.3 Å². The molecule has 0 bridgehead atoms. The third-order valence-corrected chi connectivity index (χ3v) is 5.45. The number of rotatable bonds is 4. The summed E-state index contributed by atoms with van der Waals surface area (Å²) in [6, 6.07) is 11.1. The van der Waals surface area contributed by atoms with Crippen molar-refractivity contribution in [3.05, 3.63) is 65.5 Å². The lowest BCUT2D eigenvalue weighted by Gasteiger charge is -2.22. The molecule has 28 heavy (non-hydrogen) atoms. The molecule has 0 radical (unpaired) electrons. The number of fused-ring (bicyclic) bond motifs is 4. The average Bonchev–Trinajstić information content (AvgIpc) is 3.30. The molecule has 3 heterocycles. The van der Waals surface area contributed by atoms with E-state index >= 15 is 0 Å². The minimum Gasteiger partial charge on any atom is -0.494 e. The van der Waals surface area contributed by atoms with Crippen LogP contribution in [-0.4, -0.2) is 37.6 Å². The zero-order chi connectivity index (χ0) is 19.3. The predicted molar refractivity (Wildman–Crippen MR) is 104 cm³/mol. The summed E-state index contributed by atoms with van der Waals surface area (Å²) in [5, 5.41) is 5.52. The highest BCUT2D eigenvalue weighted by Crippen LogP contribution is 2.27. The number of hydrogen-bond acceptors (Lipinski definition) is 5. The van der Waals surface area contributed by atoms with Gasteiger partial charge in [0.05, 0.1) is 7.11 Å². The molecule has 1 aliphatic heterocycles. The maximum absolute atomic E-state index is 13.5. The van der Waals surface area contributed by atoms with E-state index < -0.39 is 0 Å². The van der Waals surface area contributed by atoms with Crippen molar-refractivity contribution in [1.29, 1.82) is 0 Å². The first-order chi connectivity index (χ1) is 13.6. The number of methoxy groups -OCH3 is 1. The number of para-hydroxylation sites is 1. The molecule has 0 saturated carbocycles. The number of nitrogens with zero attached hydrogens (tertiary/aromatic N) is 5. The minimum atomic E-state index is -0.176. The van der Waals surface area contributed by atoms with Gasteiger partial charge in [0.2, 0.25) is 0 Å². The van der Waals surface area contributed by atoms with Crippen LogP contribution < -0.4 is 4.74 Å². The average molecular weight is 377 g/mol. The van der Waals surface area contributed by atoms with Gasteiger partial charge in [-0.1, -0.05) is 12.1 Å². The van der Waals surface area contributed by atoms with Crippen molar-refractivity contribution in [1.82, 2.24) is 24.5 Å². The highest BCUT2D eigenvalue weighted by Gasteiger charge is 2.25. The summed E-state index contributed by atoms with van der Waals surface area (Å²) in [5.41, 5.74) is 3.81. The SMILES string of the molecule is COc1cccc2c1ncn1nc(CC(C)N3Cc4ccc(F)cc4C3)nc21. The molecule has 7 heteroatoms. The van der Waals surface area contributed by atoms with Crippen LogP contribution in [-0.2, 0) is 19.5 Å². The number of aromatic nitrogens is 4. The third-order valence-electron chi connectivity index (χ3n) is 5.45. The van der Waals surface area contributed by atoms with E-state index in [9.17, 15) is 4.39 Å². The zero-order valence-corrected chi connectivity index (χ0v) is 15.8. The Morgan fingerprint density at radius 2 is 2.04 bits per heavy atom. The van der Waals surface area contributed by atoms with E-state index in [1.54, 1.807) is 24.0 Å². The van der Waals surface area contributed by atoms with Gasteiger partial charge in [-0.2, -0.15) is 0 Å². The van der Waals surface area contributed by atoms with E-state index in [1.165, 1.54) is 11.6 Å². The van der Waals surface area contributed by atoms with Crippen molar-refractivity contribution in [2.45, 2.75) is 32.5 Å². The van der Waals surface area contributed by atoms with Crippen LogP contribution in [0.25, 0.3) is 16.6 Å². The first-order valence-corrected chi connectivity index (χ1v) is 9.30. The van der Waals surface area contributed by atoms with Crippen LogP contribution in [0, 0.1) is 5.82 Å². The van der Waals surface area contributed by atoms with Crippen LogP contribution in [0.3, 0.4) is 0 Å². The summed E-state index contributed by atoms with van der Waals surface area (Å²) in [5.74, 6) is 1.32. The highest BCUT2D eigenvalue weighted by atomic mass is 19.1. The maximum Gasteiger partial charge on any atom is 0.166 e. The fraction of sp³-hybridized carbons (Fsp3) is 0.286. The van der Waals surface area contributed by atoms with E-state index in [2.05, 4.69) is 21.9 Å². The molecule has 1 unspecified atom stereocenters. The quantitative estimate of drug-likeness (QED) is 0.546. The molecule has 2 aromatic heterocycles. The van der Waals surface area contributed by atoms with Crippen LogP contribution in [0.5, 0.6) is 5.75 Å². The Kier molecular flexibility index (Phi) is 3.98. The molecule has 0 saturated heterocycles. The summed E-state index contributed by atoms with van der Waals surface area (Å²) in [7, 11) is 1.64. The first-order valence-electron chi connectivity index (χ1n) is 9.30. The van der Waals surface area contributed by atoms with Crippen molar-refractivity contribution in [3.8, 4) is 5.75 Å². The Hall–Kier alpha value is -3.06. The fourth-order valence-electron chi connectivity index (χ4n) is 3.93. The van der Waals surface area contributed by atoms with Crippen molar-refractivity contribution < 1.29 is 9.13 Å². The Balaban J connectivity index is 1.42. The molecule has 0 aliphatic carbocycles. The summed E-state index contributed by atoms with van der Waals surface area (Å²) in [4.78, 5) is 11.6. The Bertz CT molecular complexity index is 1190. The summed E-state index contributed by atoms with van der Waals surface area (Å²) in [6.07, 6.45) is 2.39. The van der Waals surface area contributed by atoms with E-state index in [4.69, 9.17) is 9.72 Å². The van der Waals surface area contributed by atoms with Crippen LogP contribution >= 0.6 is 0 Å². The molecule has 6 nitrogen and oxygen atoms in total. The number of hydrogen-bond donors (Lipinski definition) is 0. The summed E-state index contributed by atoms with van der Waals surface area (Å²) >= 11 is 0. The van der Waals surface area contributed by atoms with Gasteiger partial charge in [-0.25, -0.2) is 18.9 Å². The second kappa shape index (κ2) is 6.53. The van der Waals surface area contributed by atoms with E-state index in [0.29, 0.717) is 6.42 Å². The van der Waals surface area contributed by atoms with Gasteiger partial charge in [-0.05, 0) is 42.3 Å². The van der Waals surface area contributed by atoms with Gasteiger partial charge in [-0.15, -0.1) is 5.10 Å². The van der Waals surface area contributed by atoms with Gasteiger partial charge in [0.15, 0.2) is 11.5 Å². The topological polar surface area (TPSA) is 55.6 Å². The molecule has 1 atom stereocenters. The molecule has 0 amide bonds. The second-order valence-electron chi connectivity index (χ2n) is 7.27. The highest BCUT2D eigenvalue weighted by molar-refractivity contribution is 5.94. The molecule has 0 N–H and O–H groups in total. The van der Waals surface area contributed by atoms with Crippen LogP contribution in [0.4, 0.5) is 4.39 Å². The molecule has 0 fully saturated rings. The second-order valence-corrected chi connectivity index (χ2v) is 7.27. The summed E-state index contributed by atoms with van der Waals surface area (Å²) < 4.78 is 20.6. The van der Waals surface area contributed by atoms with Gasteiger partial charge in [0.1, 0.15) is 23.4 Å². The number of ether oxygens (including phenoxy) is 1. The third kappa shape index (κ3) is 2.79. The van der Waals surface area contributed by atoms with Crippen molar-refractivity contribution in [2.75, 3.05) is 7.11 Å². The molecule has 4 aromatic rings.